The Morgan fingerprint density at radius 3 is 3.19 bits per heavy atom. The highest BCUT2D eigenvalue weighted by atomic mass is 79.9. The van der Waals surface area contributed by atoms with E-state index < -0.39 is 0 Å². The quantitative estimate of drug-likeness (QED) is 0.666. The molecule has 6 heteroatoms. The van der Waals surface area contributed by atoms with Crippen LogP contribution in [0.4, 0.5) is 0 Å². The molecule has 88 valence electrons. The summed E-state index contributed by atoms with van der Waals surface area (Å²) in [7, 11) is 1.75. The molecule has 0 bridgehead atoms. The van der Waals surface area contributed by atoms with Crippen molar-refractivity contribution in [3.05, 3.63) is 28.5 Å². The summed E-state index contributed by atoms with van der Waals surface area (Å²) in [6.45, 7) is 0.620. The molecule has 0 aromatic carbocycles. The number of thioether (sulfide) groups is 1. The van der Waals surface area contributed by atoms with Gasteiger partial charge in [-0.15, -0.1) is 0 Å². The summed E-state index contributed by atoms with van der Waals surface area (Å²) in [6.07, 6.45) is 1.80. The first-order chi connectivity index (χ1) is 7.74. The topological polar surface area (TPSA) is 34.1 Å². The number of nitrogens with zero attached hydrogens (tertiary/aromatic N) is 1. The molecule has 0 aliphatic heterocycles. The van der Waals surface area contributed by atoms with E-state index >= 15 is 0 Å². The van der Waals surface area contributed by atoms with E-state index in [1.54, 1.807) is 25.0 Å². The summed E-state index contributed by atoms with van der Waals surface area (Å²) in [4.78, 5) is 4.28. The number of thiocarbonyl (C=S) groups is 1. The van der Waals surface area contributed by atoms with Crippen LogP contribution in [0.15, 0.2) is 22.8 Å². The number of hydrogen-bond donors (Lipinski definition) is 1. The predicted octanol–water partition coefficient (Wildman–Crippen LogP) is 2.60. The molecule has 0 aliphatic rings. The molecule has 0 fully saturated rings. The first-order valence-corrected chi connectivity index (χ1v) is 7.11. The highest BCUT2D eigenvalue weighted by Gasteiger charge is 2.00. The zero-order valence-electron chi connectivity index (χ0n) is 8.90. The molecular formula is C10H13BrN2OS2. The molecule has 1 rings (SSSR count). The van der Waals surface area contributed by atoms with Crippen molar-refractivity contribution in [3.63, 3.8) is 0 Å². The van der Waals surface area contributed by atoms with E-state index in [4.69, 9.17) is 17.0 Å². The molecule has 3 nitrogen and oxygen atoms in total. The van der Waals surface area contributed by atoms with Crippen LogP contribution < -0.4 is 5.32 Å². The summed E-state index contributed by atoms with van der Waals surface area (Å²) in [6, 6.07) is 3.90. The van der Waals surface area contributed by atoms with Crippen LogP contribution in [0, 0.1) is 0 Å². The summed E-state index contributed by atoms with van der Waals surface area (Å²) in [5, 5.41) is 3.21. The first-order valence-electron chi connectivity index (χ1n) is 4.75. The second-order valence-corrected chi connectivity index (χ2v) is 5.20. The lowest BCUT2D eigenvalue weighted by molar-refractivity contribution is 0.327. The normalized spacial score (nSPS) is 9.88. The molecule has 0 spiro atoms. The lowest BCUT2D eigenvalue weighted by Gasteiger charge is -2.06. The van der Waals surface area contributed by atoms with Crippen LogP contribution in [0.2, 0.25) is 0 Å². The van der Waals surface area contributed by atoms with Gasteiger partial charge in [0.1, 0.15) is 0 Å². The van der Waals surface area contributed by atoms with Gasteiger partial charge in [-0.25, -0.2) is 0 Å². The van der Waals surface area contributed by atoms with Crippen molar-refractivity contribution in [1.29, 1.82) is 0 Å². The van der Waals surface area contributed by atoms with E-state index in [-0.39, 0.29) is 0 Å². The monoisotopic (exact) mass is 320 g/mol. The number of hydrogen-bond acceptors (Lipinski definition) is 4. The van der Waals surface area contributed by atoms with Crippen molar-refractivity contribution < 1.29 is 4.74 Å². The summed E-state index contributed by atoms with van der Waals surface area (Å²) in [5.74, 6) is 1.77. The molecule has 0 saturated carbocycles. The fourth-order valence-corrected chi connectivity index (χ4v) is 2.39. The Morgan fingerprint density at radius 1 is 1.69 bits per heavy atom. The van der Waals surface area contributed by atoms with E-state index in [1.165, 1.54) is 0 Å². The second kappa shape index (κ2) is 7.86. The van der Waals surface area contributed by atoms with E-state index in [0.717, 1.165) is 21.7 Å². The van der Waals surface area contributed by atoms with E-state index in [2.05, 4.69) is 26.2 Å². The fourth-order valence-electron chi connectivity index (χ4n) is 0.959. The molecular weight excluding hydrogens is 308 g/mol. The third kappa shape index (κ3) is 5.14. The smallest absolute Gasteiger partial charge is 0.256 e. The van der Waals surface area contributed by atoms with Gasteiger partial charge in [0.25, 0.3) is 5.17 Å². The van der Waals surface area contributed by atoms with Gasteiger partial charge in [0.2, 0.25) is 0 Å². The van der Waals surface area contributed by atoms with E-state index in [9.17, 15) is 0 Å². The lowest BCUT2D eigenvalue weighted by Crippen LogP contribution is -2.19. The van der Waals surface area contributed by atoms with Gasteiger partial charge in [-0.3, -0.25) is 4.98 Å². The standard InChI is InChI=1S/C10H13BrN2OS2/c1-12-10(15)14-5-6-16-7-9-8(11)3-2-4-13-9/h2-4H,5-7H2,1H3,(H,12,15). The number of aromatic nitrogens is 1. The Bertz CT molecular complexity index is 349. The Hall–Kier alpha value is -0.330. The fraction of sp³-hybridized carbons (Fsp3) is 0.400. The average Bonchev–Trinajstić information content (AvgIpc) is 2.30. The maximum atomic E-state index is 5.23. The molecule has 0 atom stereocenters. The molecule has 1 heterocycles. The number of nitrogens with one attached hydrogen (secondary N) is 1. The van der Waals surface area contributed by atoms with Gasteiger partial charge < -0.3 is 10.1 Å². The first kappa shape index (κ1) is 13.7. The van der Waals surface area contributed by atoms with Gasteiger partial charge in [-0.1, -0.05) is 0 Å². The van der Waals surface area contributed by atoms with Gasteiger partial charge in [-0.05, 0) is 40.3 Å². The molecule has 1 aromatic heterocycles. The maximum absolute atomic E-state index is 5.23. The number of ether oxygens (including phenoxy) is 1. The summed E-state index contributed by atoms with van der Waals surface area (Å²) in [5.41, 5.74) is 1.06. The minimum absolute atomic E-state index is 0.444. The Balaban J connectivity index is 2.17. The summed E-state index contributed by atoms with van der Waals surface area (Å²) < 4.78 is 6.28. The molecule has 1 N–H and O–H groups in total. The predicted molar refractivity (Wildman–Crippen MR) is 75.7 cm³/mol. The SMILES string of the molecule is CNC(=S)OCCSCc1ncccc1Br. The molecule has 1 aromatic rings. The van der Waals surface area contributed by atoms with Crippen LogP contribution in [0.25, 0.3) is 0 Å². The highest BCUT2D eigenvalue weighted by molar-refractivity contribution is 9.10. The minimum atomic E-state index is 0.444. The number of halogens is 1. The van der Waals surface area contributed by atoms with Crippen LogP contribution in [-0.2, 0) is 10.5 Å². The van der Waals surface area contributed by atoms with Crippen LogP contribution in [-0.4, -0.2) is 29.6 Å². The van der Waals surface area contributed by atoms with Crippen molar-refractivity contribution >= 4 is 45.1 Å². The number of rotatable bonds is 5. The Morgan fingerprint density at radius 2 is 2.50 bits per heavy atom. The van der Waals surface area contributed by atoms with Crippen molar-refractivity contribution in [2.24, 2.45) is 0 Å². The Labute approximate surface area is 113 Å². The van der Waals surface area contributed by atoms with Crippen LogP contribution in [0.1, 0.15) is 5.69 Å². The van der Waals surface area contributed by atoms with Gasteiger partial charge in [0.05, 0.1) is 12.3 Å². The molecule has 0 radical (unpaired) electrons. The van der Waals surface area contributed by atoms with Crippen LogP contribution in [0.3, 0.4) is 0 Å². The molecule has 0 amide bonds. The Kier molecular flexibility index (Phi) is 6.75. The molecule has 16 heavy (non-hydrogen) atoms. The van der Waals surface area contributed by atoms with Gasteiger partial charge in [-0.2, -0.15) is 11.8 Å². The maximum Gasteiger partial charge on any atom is 0.256 e. The average molecular weight is 321 g/mol. The van der Waals surface area contributed by atoms with Gasteiger partial charge >= 0.3 is 0 Å². The van der Waals surface area contributed by atoms with Gasteiger partial charge in [0.15, 0.2) is 0 Å². The van der Waals surface area contributed by atoms with Crippen molar-refractivity contribution in [2.45, 2.75) is 5.75 Å². The minimum Gasteiger partial charge on any atom is -0.470 e. The van der Waals surface area contributed by atoms with E-state index in [1.807, 2.05) is 12.1 Å². The lowest BCUT2D eigenvalue weighted by atomic mass is 10.4. The number of pyridine rings is 1. The van der Waals surface area contributed by atoms with E-state index in [0.29, 0.717) is 11.8 Å². The second-order valence-electron chi connectivity index (χ2n) is 2.87. The summed E-state index contributed by atoms with van der Waals surface area (Å²) >= 11 is 10.1. The van der Waals surface area contributed by atoms with Crippen molar-refractivity contribution in [3.8, 4) is 0 Å². The third-order valence-corrected chi connectivity index (χ3v) is 3.72. The van der Waals surface area contributed by atoms with Gasteiger partial charge in [0, 0.05) is 29.2 Å². The molecule has 0 aliphatic carbocycles. The zero-order valence-corrected chi connectivity index (χ0v) is 12.1. The molecule has 0 saturated heterocycles. The van der Waals surface area contributed by atoms with Crippen molar-refractivity contribution in [2.75, 3.05) is 19.4 Å². The zero-order chi connectivity index (χ0) is 11.8. The van der Waals surface area contributed by atoms with Crippen LogP contribution >= 0.6 is 39.9 Å². The third-order valence-electron chi connectivity index (χ3n) is 1.74. The highest BCUT2D eigenvalue weighted by Crippen LogP contribution is 2.18. The van der Waals surface area contributed by atoms with Crippen LogP contribution in [0.5, 0.6) is 0 Å². The largest absolute Gasteiger partial charge is 0.470 e. The molecule has 0 unspecified atom stereocenters. The van der Waals surface area contributed by atoms with Crippen molar-refractivity contribution in [1.82, 2.24) is 10.3 Å².